The molecule has 0 spiro atoms. The van der Waals surface area contributed by atoms with Gasteiger partial charge in [0.2, 0.25) is 0 Å². The van der Waals surface area contributed by atoms with Gasteiger partial charge in [0.25, 0.3) is 0 Å². The number of guanidine groups is 1. The van der Waals surface area contributed by atoms with Crippen molar-refractivity contribution >= 4 is 5.96 Å². The second-order valence-electron chi connectivity index (χ2n) is 7.65. The van der Waals surface area contributed by atoms with Crippen molar-refractivity contribution < 1.29 is 9.13 Å². The van der Waals surface area contributed by atoms with E-state index in [1.165, 1.54) is 17.2 Å². The monoisotopic (exact) mass is 412 g/mol. The van der Waals surface area contributed by atoms with Gasteiger partial charge in [0, 0.05) is 32.7 Å². The largest absolute Gasteiger partial charge is 0.379 e. The standard InChI is InChI=1S/C24H33FN4O/c1-3-26-24(27-11-10-22-8-9-23(25)16-19(22)2)28-17-20-4-6-21(7-5-20)18-29-12-14-30-15-13-29/h4-9,16H,3,10-15,17-18H2,1-2H3,(H2,26,27,28). The fraction of sp³-hybridized carbons (Fsp3) is 0.458. The fourth-order valence-corrected chi connectivity index (χ4v) is 3.54. The van der Waals surface area contributed by atoms with Crippen molar-refractivity contribution in [2.75, 3.05) is 39.4 Å². The van der Waals surface area contributed by atoms with Crippen LogP contribution in [0.2, 0.25) is 0 Å². The minimum Gasteiger partial charge on any atom is -0.379 e. The highest BCUT2D eigenvalue weighted by atomic mass is 19.1. The van der Waals surface area contributed by atoms with Gasteiger partial charge in [0.15, 0.2) is 5.96 Å². The Bertz CT molecular complexity index is 816. The van der Waals surface area contributed by atoms with E-state index in [2.05, 4.69) is 46.7 Å². The Balaban J connectivity index is 1.49. The molecule has 0 atom stereocenters. The number of halogens is 1. The number of hydrogen-bond donors (Lipinski definition) is 2. The molecule has 1 aliphatic heterocycles. The Morgan fingerprint density at radius 3 is 2.50 bits per heavy atom. The third kappa shape index (κ3) is 7.11. The molecule has 0 radical (unpaired) electrons. The van der Waals surface area contributed by atoms with Gasteiger partial charge in [-0.25, -0.2) is 9.38 Å². The van der Waals surface area contributed by atoms with Crippen molar-refractivity contribution in [3.05, 3.63) is 70.5 Å². The number of rotatable bonds is 8. The van der Waals surface area contributed by atoms with Crippen LogP contribution in [-0.2, 0) is 24.2 Å². The molecular formula is C24H33FN4O. The summed E-state index contributed by atoms with van der Waals surface area (Å²) in [6.07, 6.45) is 0.826. The predicted molar refractivity (Wildman–Crippen MR) is 120 cm³/mol. The van der Waals surface area contributed by atoms with Gasteiger partial charge in [0.05, 0.1) is 19.8 Å². The Kier molecular flexibility index (Phi) is 8.66. The first-order chi connectivity index (χ1) is 14.6. The molecule has 0 aliphatic carbocycles. The summed E-state index contributed by atoms with van der Waals surface area (Å²) in [5.41, 5.74) is 4.64. The van der Waals surface area contributed by atoms with Gasteiger partial charge in [-0.2, -0.15) is 0 Å². The number of ether oxygens (including phenoxy) is 1. The second-order valence-corrected chi connectivity index (χ2v) is 7.65. The van der Waals surface area contributed by atoms with Crippen LogP contribution in [-0.4, -0.2) is 50.3 Å². The summed E-state index contributed by atoms with van der Waals surface area (Å²) in [6.45, 7) is 10.8. The molecule has 2 aromatic rings. The first-order valence-corrected chi connectivity index (χ1v) is 10.8. The van der Waals surface area contributed by atoms with Gasteiger partial charge in [-0.3, -0.25) is 4.90 Å². The number of nitrogens with zero attached hydrogens (tertiary/aromatic N) is 2. The summed E-state index contributed by atoms with van der Waals surface area (Å²) in [6, 6.07) is 13.7. The van der Waals surface area contributed by atoms with Crippen molar-refractivity contribution in [1.29, 1.82) is 0 Å². The predicted octanol–water partition coefficient (Wildman–Crippen LogP) is 3.26. The van der Waals surface area contributed by atoms with Gasteiger partial charge in [-0.1, -0.05) is 30.3 Å². The third-order valence-corrected chi connectivity index (χ3v) is 5.29. The first kappa shape index (κ1) is 22.2. The molecule has 3 rings (SSSR count). The summed E-state index contributed by atoms with van der Waals surface area (Å²) in [7, 11) is 0. The van der Waals surface area contributed by atoms with E-state index in [1.807, 2.05) is 13.0 Å². The molecule has 30 heavy (non-hydrogen) atoms. The molecule has 1 fully saturated rings. The summed E-state index contributed by atoms with van der Waals surface area (Å²) < 4.78 is 18.7. The molecule has 0 unspecified atom stereocenters. The SMILES string of the molecule is CCNC(=NCc1ccc(CN2CCOCC2)cc1)NCCc1ccc(F)cc1C. The Morgan fingerprint density at radius 2 is 1.80 bits per heavy atom. The lowest BCUT2D eigenvalue weighted by Gasteiger charge is -2.26. The van der Waals surface area contributed by atoms with Gasteiger partial charge >= 0.3 is 0 Å². The number of nitrogens with one attached hydrogen (secondary N) is 2. The summed E-state index contributed by atoms with van der Waals surface area (Å²) in [5, 5.41) is 6.66. The number of aryl methyl sites for hydroxylation is 1. The first-order valence-electron chi connectivity index (χ1n) is 10.8. The maximum Gasteiger partial charge on any atom is 0.191 e. The van der Waals surface area contributed by atoms with Crippen molar-refractivity contribution in [3.63, 3.8) is 0 Å². The van der Waals surface area contributed by atoms with Crippen LogP contribution in [0.1, 0.15) is 29.2 Å². The van der Waals surface area contributed by atoms with E-state index in [9.17, 15) is 4.39 Å². The number of benzene rings is 2. The van der Waals surface area contributed by atoms with Crippen LogP contribution in [0.4, 0.5) is 4.39 Å². The summed E-state index contributed by atoms with van der Waals surface area (Å²) >= 11 is 0. The van der Waals surface area contributed by atoms with Crippen molar-refractivity contribution in [2.45, 2.75) is 33.4 Å². The smallest absolute Gasteiger partial charge is 0.191 e. The van der Waals surface area contributed by atoms with Crippen LogP contribution in [0.3, 0.4) is 0 Å². The lowest BCUT2D eigenvalue weighted by atomic mass is 10.1. The lowest BCUT2D eigenvalue weighted by Crippen LogP contribution is -2.38. The topological polar surface area (TPSA) is 48.9 Å². The molecule has 0 saturated carbocycles. The molecule has 162 valence electrons. The van der Waals surface area contributed by atoms with E-state index < -0.39 is 0 Å². The fourth-order valence-electron chi connectivity index (χ4n) is 3.54. The van der Waals surface area contributed by atoms with Crippen molar-refractivity contribution in [1.82, 2.24) is 15.5 Å². The van der Waals surface area contributed by atoms with E-state index in [0.717, 1.165) is 69.4 Å². The van der Waals surface area contributed by atoms with Crippen LogP contribution >= 0.6 is 0 Å². The number of morpholine rings is 1. The average molecular weight is 413 g/mol. The number of hydrogen-bond acceptors (Lipinski definition) is 3. The maximum atomic E-state index is 13.3. The van der Waals surface area contributed by atoms with Crippen LogP contribution in [0.25, 0.3) is 0 Å². The average Bonchev–Trinajstić information content (AvgIpc) is 2.75. The molecule has 6 heteroatoms. The normalized spacial score (nSPS) is 15.2. The molecule has 1 aliphatic rings. The van der Waals surface area contributed by atoms with Crippen LogP contribution in [0.15, 0.2) is 47.5 Å². The van der Waals surface area contributed by atoms with E-state index in [0.29, 0.717) is 6.54 Å². The van der Waals surface area contributed by atoms with Crippen molar-refractivity contribution in [3.8, 4) is 0 Å². The lowest BCUT2D eigenvalue weighted by molar-refractivity contribution is 0.0342. The quantitative estimate of drug-likeness (QED) is 0.516. The molecule has 2 aromatic carbocycles. The molecule has 0 amide bonds. The molecule has 1 saturated heterocycles. The zero-order valence-corrected chi connectivity index (χ0v) is 18.1. The van der Waals surface area contributed by atoms with Crippen molar-refractivity contribution in [2.24, 2.45) is 4.99 Å². The number of aliphatic imine (C=N–C) groups is 1. The highest BCUT2D eigenvalue weighted by Gasteiger charge is 2.10. The van der Waals surface area contributed by atoms with Gasteiger partial charge in [-0.05, 0) is 54.7 Å². The van der Waals surface area contributed by atoms with Gasteiger partial charge < -0.3 is 15.4 Å². The summed E-state index contributed by atoms with van der Waals surface area (Å²) in [5.74, 6) is 0.615. The Labute approximate surface area is 179 Å². The molecule has 0 aromatic heterocycles. The van der Waals surface area contributed by atoms with Crippen LogP contribution in [0.5, 0.6) is 0 Å². The van der Waals surface area contributed by atoms with E-state index in [1.54, 1.807) is 6.07 Å². The van der Waals surface area contributed by atoms with Crippen LogP contribution < -0.4 is 10.6 Å². The van der Waals surface area contributed by atoms with E-state index in [4.69, 9.17) is 9.73 Å². The minimum atomic E-state index is -0.185. The zero-order valence-electron chi connectivity index (χ0n) is 18.1. The Morgan fingerprint density at radius 1 is 1.07 bits per heavy atom. The minimum absolute atomic E-state index is 0.185. The molecule has 1 heterocycles. The van der Waals surface area contributed by atoms with Gasteiger partial charge in [-0.15, -0.1) is 0 Å². The maximum absolute atomic E-state index is 13.3. The zero-order chi connectivity index (χ0) is 21.2. The van der Waals surface area contributed by atoms with E-state index in [-0.39, 0.29) is 5.82 Å². The van der Waals surface area contributed by atoms with E-state index >= 15 is 0 Å². The second kappa shape index (κ2) is 11.7. The molecular weight excluding hydrogens is 379 g/mol. The molecule has 0 bridgehead atoms. The highest BCUT2D eigenvalue weighted by Crippen LogP contribution is 2.11. The molecule has 5 nitrogen and oxygen atoms in total. The van der Waals surface area contributed by atoms with Crippen LogP contribution in [0, 0.1) is 12.7 Å². The third-order valence-electron chi connectivity index (χ3n) is 5.29. The Hall–Kier alpha value is -2.44. The molecule has 2 N–H and O–H groups in total. The highest BCUT2D eigenvalue weighted by molar-refractivity contribution is 5.79. The summed E-state index contributed by atoms with van der Waals surface area (Å²) in [4.78, 5) is 7.13. The van der Waals surface area contributed by atoms with Gasteiger partial charge in [0.1, 0.15) is 5.82 Å².